The van der Waals surface area contributed by atoms with E-state index in [2.05, 4.69) is 48.1 Å². The number of hydrogen-bond donors (Lipinski definition) is 3. The summed E-state index contributed by atoms with van der Waals surface area (Å²) < 4.78 is 6.05. The molecule has 0 radical (unpaired) electrons. The molecule has 0 amide bonds. The van der Waals surface area contributed by atoms with Crippen LogP contribution >= 0.6 is 0 Å². The lowest BCUT2D eigenvalue weighted by atomic mass is 9.32. The molecule has 0 aromatic heterocycles. The van der Waals surface area contributed by atoms with Gasteiger partial charge in [-0.2, -0.15) is 0 Å². The number of ether oxygens (including phenoxy) is 1. The summed E-state index contributed by atoms with van der Waals surface area (Å²) in [7, 11) is 0. The maximum Gasteiger partial charge on any atom is 0.331 e. The SMILES string of the molecule is C=C(C)[C@@H]1CC[C@]2(C(=O)O)CC[C@]3(C)C(CCC4[C@@]5(C)C[C@@H](O)[C@H](OC(=O)/C=C\c6ccc(O)cc6)C(C)(C)C5CC[C@]43C)C12. The Bertz CT molecular complexity index is 1390. The molecular weight excluding hydrogens is 564 g/mol. The van der Waals surface area contributed by atoms with Crippen LogP contribution in [0.2, 0.25) is 0 Å². The van der Waals surface area contributed by atoms with Crippen molar-refractivity contribution < 1.29 is 29.6 Å². The number of aliphatic carboxylic acids is 1. The van der Waals surface area contributed by atoms with Crippen LogP contribution in [0.5, 0.6) is 5.75 Å². The number of esters is 1. The number of phenolic OH excluding ortho intramolecular Hbond substituents is 1. The Hall–Kier alpha value is -2.60. The van der Waals surface area contributed by atoms with Gasteiger partial charge in [-0.15, -0.1) is 0 Å². The molecule has 6 rings (SSSR count). The van der Waals surface area contributed by atoms with Crippen LogP contribution in [-0.4, -0.2) is 39.5 Å². The van der Waals surface area contributed by atoms with E-state index in [1.807, 2.05) is 0 Å². The van der Waals surface area contributed by atoms with Crippen molar-refractivity contribution in [2.75, 3.05) is 0 Å². The predicted molar refractivity (Wildman–Crippen MR) is 175 cm³/mol. The Kier molecular flexibility index (Phi) is 7.70. The Labute approximate surface area is 269 Å². The molecule has 0 bridgehead atoms. The van der Waals surface area contributed by atoms with Crippen LogP contribution in [0.1, 0.15) is 105 Å². The first-order valence-electron chi connectivity index (χ1n) is 17.3. The van der Waals surface area contributed by atoms with Crippen molar-refractivity contribution in [3.63, 3.8) is 0 Å². The first kappa shape index (κ1) is 32.3. The number of benzene rings is 1. The van der Waals surface area contributed by atoms with Gasteiger partial charge in [0.2, 0.25) is 0 Å². The largest absolute Gasteiger partial charge is 0.508 e. The second kappa shape index (κ2) is 10.7. The van der Waals surface area contributed by atoms with Crippen LogP contribution in [0.3, 0.4) is 0 Å². The quantitative estimate of drug-likeness (QED) is 0.175. The first-order valence-corrected chi connectivity index (χ1v) is 17.3. The third kappa shape index (κ3) is 4.58. The molecule has 0 heterocycles. The number of hydrogen-bond acceptors (Lipinski definition) is 5. The van der Waals surface area contributed by atoms with Gasteiger partial charge in [0.15, 0.2) is 0 Å². The van der Waals surface area contributed by atoms with E-state index in [0.717, 1.165) is 62.5 Å². The van der Waals surface area contributed by atoms with Gasteiger partial charge in [-0.1, -0.05) is 58.9 Å². The molecule has 5 aliphatic rings. The number of carboxylic acid groups (broad SMARTS) is 1. The van der Waals surface area contributed by atoms with Crippen molar-refractivity contribution in [3.05, 3.63) is 48.1 Å². The van der Waals surface area contributed by atoms with Gasteiger partial charge in [0.05, 0.1) is 11.5 Å². The number of aromatic hydroxyl groups is 1. The fourth-order valence-electron chi connectivity index (χ4n) is 12.8. The molecule has 1 aromatic carbocycles. The number of aliphatic hydroxyl groups excluding tert-OH is 1. The molecule has 5 aliphatic carbocycles. The van der Waals surface area contributed by atoms with E-state index < -0.39 is 35.0 Å². The topological polar surface area (TPSA) is 104 Å². The van der Waals surface area contributed by atoms with E-state index in [-0.39, 0.29) is 39.7 Å². The number of fused-ring (bicyclic) bond motifs is 7. The smallest absolute Gasteiger partial charge is 0.331 e. The number of aliphatic hydroxyl groups is 1. The van der Waals surface area contributed by atoms with E-state index in [1.165, 1.54) is 6.08 Å². The maximum absolute atomic E-state index is 13.0. The molecule has 0 aliphatic heterocycles. The summed E-state index contributed by atoms with van der Waals surface area (Å²) in [5, 5.41) is 31.9. The zero-order chi connectivity index (χ0) is 32.7. The fourth-order valence-corrected chi connectivity index (χ4v) is 12.8. The number of rotatable bonds is 5. The molecule has 4 unspecified atom stereocenters. The van der Waals surface area contributed by atoms with E-state index >= 15 is 0 Å². The van der Waals surface area contributed by atoms with Crippen molar-refractivity contribution in [3.8, 4) is 5.75 Å². The van der Waals surface area contributed by atoms with Gasteiger partial charge < -0.3 is 20.1 Å². The Morgan fingerprint density at radius 2 is 1.60 bits per heavy atom. The van der Waals surface area contributed by atoms with Gasteiger partial charge in [-0.3, -0.25) is 4.79 Å². The molecule has 6 heteroatoms. The molecule has 5 saturated carbocycles. The Balaban J connectivity index is 1.27. The molecule has 6 nitrogen and oxygen atoms in total. The molecule has 246 valence electrons. The Morgan fingerprint density at radius 1 is 0.911 bits per heavy atom. The highest BCUT2D eigenvalue weighted by atomic mass is 16.6. The average molecular weight is 619 g/mol. The summed E-state index contributed by atoms with van der Waals surface area (Å²) in [6, 6.07) is 6.62. The third-order valence-electron chi connectivity index (χ3n) is 14.9. The van der Waals surface area contributed by atoms with Crippen LogP contribution in [0, 0.1) is 56.7 Å². The predicted octanol–water partition coefficient (Wildman–Crippen LogP) is 8.03. The van der Waals surface area contributed by atoms with Gasteiger partial charge >= 0.3 is 11.9 Å². The van der Waals surface area contributed by atoms with Gasteiger partial charge in [-0.25, -0.2) is 4.79 Å². The van der Waals surface area contributed by atoms with E-state index in [0.29, 0.717) is 18.3 Å². The molecule has 0 saturated heterocycles. The van der Waals surface area contributed by atoms with Crippen molar-refractivity contribution >= 4 is 18.0 Å². The first-order chi connectivity index (χ1) is 21.0. The number of carbonyl (C=O) groups excluding carboxylic acids is 1. The summed E-state index contributed by atoms with van der Waals surface area (Å²) in [4.78, 5) is 26.0. The summed E-state index contributed by atoms with van der Waals surface area (Å²) in [5.74, 6) is 0.537. The molecule has 0 spiro atoms. The normalized spacial score (nSPS) is 45.1. The van der Waals surface area contributed by atoms with E-state index in [1.54, 1.807) is 30.3 Å². The summed E-state index contributed by atoms with van der Waals surface area (Å²) in [5.41, 5.74) is 0.796. The number of phenols is 1. The standard InChI is InChI=1S/C39H54O6/c1-23(2)26-16-19-39(34(43)44)21-20-37(6)27(32(26)39)13-14-30-36(5)22-28(41)33(35(3,4)29(36)17-18-38(30,37)7)45-31(42)15-10-24-8-11-25(40)12-9-24/h8-12,15,26-30,32-33,40-41H,1,13-14,16-22H2,2-7H3,(H,43,44)/b15-10-/t26-,27?,28+,29?,30?,32?,33-,36-,37+,38+,39-/m0/s1. The van der Waals surface area contributed by atoms with Gasteiger partial charge in [0.1, 0.15) is 11.9 Å². The molecular formula is C39H54O6. The van der Waals surface area contributed by atoms with Crippen LogP contribution in [0.15, 0.2) is 42.5 Å². The highest BCUT2D eigenvalue weighted by Gasteiger charge is 2.72. The van der Waals surface area contributed by atoms with Gasteiger partial charge in [0.25, 0.3) is 0 Å². The van der Waals surface area contributed by atoms with Crippen LogP contribution < -0.4 is 0 Å². The van der Waals surface area contributed by atoms with E-state index in [9.17, 15) is 24.9 Å². The summed E-state index contributed by atoms with van der Waals surface area (Å²) in [6.45, 7) is 18.2. The molecule has 3 N–H and O–H groups in total. The molecule has 45 heavy (non-hydrogen) atoms. The van der Waals surface area contributed by atoms with Crippen molar-refractivity contribution in [1.29, 1.82) is 0 Å². The second-order valence-electron chi connectivity index (χ2n) is 17.0. The van der Waals surface area contributed by atoms with Crippen LogP contribution in [-0.2, 0) is 14.3 Å². The minimum atomic E-state index is -0.770. The lowest BCUT2D eigenvalue weighted by Gasteiger charge is -2.73. The van der Waals surface area contributed by atoms with Crippen LogP contribution in [0.25, 0.3) is 6.08 Å². The Morgan fingerprint density at radius 3 is 2.24 bits per heavy atom. The van der Waals surface area contributed by atoms with Crippen molar-refractivity contribution in [2.24, 2.45) is 56.7 Å². The third-order valence-corrected chi connectivity index (χ3v) is 14.9. The number of carboxylic acids is 1. The summed E-state index contributed by atoms with van der Waals surface area (Å²) >= 11 is 0. The van der Waals surface area contributed by atoms with Gasteiger partial charge in [0, 0.05) is 11.5 Å². The average Bonchev–Trinajstić information content (AvgIpc) is 3.37. The molecule has 1 aromatic rings. The zero-order valence-corrected chi connectivity index (χ0v) is 28.1. The van der Waals surface area contributed by atoms with E-state index in [4.69, 9.17) is 4.74 Å². The number of carbonyl (C=O) groups is 2. The monoisotopic (exact) mass is 618 g/mol. The maximum atomic E-state index is 13.0. The highest BCUT2D eigenvalue weighted by Crippen LogP contribution is 2.77. The lowest BCUT2D eigenvalue weighted by Crippen LogP contribution is -2.69. The minimum absolute atomic E-state index is 0.0169. The molecule has 5 fully saturated rings. The minimum Gasteiger partial charge on any atom is -0.508 e. The summed E-state index contributed by atoms with van der Waals surface area (Å²) in [6.07, 6.45) is 9.82. The van der Waals surface area contributed by atoms with Gasteiger partial charge in [-0.05, 0) is 134 Å². The number of allylic oxidation sites excluding steroid dienone is 1. The lowest BCUT2D eigenvalue weighted by molar-refractivity contribution is -0.265. The zero-order valence-electron chi connectivity index (χ0n) is 28.1. The van der Waals surface area contributed by atoms with Crippen molar-refractivity contribution in [2.45, 2.75) is 112 Å². The second-order valence-corrected chi connectivity index (χ2v) is 17.0. The van der Waals surface area contributed by atoms with Crippen LogP contribution in [0.4, 0.5) is 0 Å². The fraction of sp³-hybridized carbons (Fsp3) is 0.692. The molecule has 11 atom stereocenters. The highest BCUT2D eigenvalue weighted by molar-refractivity contribution is 5.87. The van der Waals surface area contributed by atoms with Crippen molar-refractivity contribution in [1.82, 2.24) is 0 Å².